The second-order valence-corrected chi connectivity index (χ2v) is 23.4. The Morgan fingerprint density at radius 2 is 1.64 bits per heavy atom. The molecule has 0 aliphatic heterocycles. The van der Waals surface area contributed by atoms with Crippen LogP contribution in [0.15, 0.2) is 11.8 Å². The van der Waals surface area contributed by atoms with Crippen molar-refractivity contribution in [2.24, 2.45) is 11.8 Å². The number of unbranched alkanes of at least 4 members (excludes halogenated alkanes) is 3. The van der Waals surface area contributed by atoms with Crippen LogP contribution < -0.4 is 0 Å². The number of hydrogen-bond acceptors (Lipinski definition) is 2. The second-order valence-electron chi connectivity index (χ2n) is 9.43. The molecule has 1 aliphatic carbocycles. The molecule has 0 aromatic carbocycles. The van der Waals surface area contributed by atoms with Gasteiger partial charge in [-0.05, 0) is 0 Å². The summed E-state index contributed by atoms with van der Waals surface area (Å²) in [4.78, 5) is 12.8. The third-order valence-corrected chi connectivity index (χ3v) is 23.1. The number of carbonyl (C=O) groups excluding carboxylic acids is 1. The summed E-state index contributed by atoms with van der Waals surface area (Å²) >= 11 is -2.28. The molecule has 0 aromatic heterocycles. The predicted octanol–water partition coefficient (Wildman–Crippen LogP) is 8.15. The topological polar surface area (TPSA) is 26.3 Å². The maximum atomic E-state index is 12.8. The van der Waals surface area contributed by atoms with Crippen molar-refractivity contribution in [1.82, 2.24) is 0 Å². The normalized spacial score (nSPS) is 20.3. The molecule has 28 heavy (non-hydrogen) atoms. The van der Waals surface area contributed by atoms with E-state index in [9.17, 15) is 4.79 Å². The fourth-order valence-corrected chi connectivity index (χ4v) is 22.9. The first kappa shape index (κ1) is 26.0. The fraction of sp³-hybridized carbons (Fsp3) is 0.880. The van der Waals surface area contributed by atoms with E-state index in [-0.39, 0.29) is 0 Å². The third kappa shape index (κ3) is 9.22. The van der Waals surface area contributed by atoms with Gasteiger partial charge in [0.15, 0.2) is 0 Å². The monoisotopic (exact) mass is 500 g/mol. The van der Waals surface area contributed by atoms with Gasteiger partial charge in [-0.15, -0.1) is 0 Å². The van der Waals surface area contributed by atoms with Gasteiger partial charge in [0.2, 0.25) is 0 Å². The van der Waals surface area contributed by atoms with Crippen LogP contribution in [0.2, 0.25) is 17.7 Å². The Morgan fingerprint density at radius 1 is 1.07 bits per heavy atom. The van der Waals surface area contributed by atoms with Crippen LogP contribution in [-0.2, 0) is 9.53 Å². The number of methoxy groups -OCH3 is 1. The summed E-state index contributed by atoms with van der Waals surface area (Å²) in [6.45, 7) is 8.89. The van der Waals surface area contributed by atoms with Gasteiger partial charge in [-0.2, -0.15) is 0 Å². The summed E-state index contributed by atoms with van der Waals surface area (Å²) in [6, 6.07) is 0. The van der Waals surface area contributed by atoms with Crippen molar-refractivity contribution >= 4 is 24.2 Å². The van der Waals surface area contributed by atoms with Crippen molar-refractivity contribution in [3.05, 3.63) is 11.8 Å². The fourth-order valence-electron chi connectivity index (χ4n) is 5.28. The number of rotatable bonds is 15. The van der Waals surface area contributed by atoms with E-state index in [0.29, 0.717) is 17.6 Å². The zero-order valence-electron chi connectivity index (χ0n) is 19.7. The second kappa shape index (κ2) is 14.9. The van der Waals surface area contributed by atoms with Gasteiger partial charge in [-0.1, -0.05) is 0 Å². The van der Waals surface area contributed by atoms with Crippen LogP contribution in [0, 0.1) is 11.8 Å². The molecule has 0 N–H and O–H groups in total. The molecule has 1 fully saturated rings. The van der Waals surface area contributed by atoms with Gasteiger partial charge < -0.3 is 0 Å². The molecule has 2 unspecified atom stereocenters. The Bertz CT molecular complexity index is 436. The number of carbonyl (C=O) groups is 1. The number of ether oxygens (including phenoxy) is 1. The number of allylic oxidation sites excluding steroid dienone is 1. The Balaban J connectivity index is 2.99. The predicted molar refractivity (Wildman–Crippen MR) is 126 cm³/mol. The van der Waals surface area contributed by atoms with Gasteiger partial charge in [0.25, 0.3) is 0 Å². The Hall–Kier alpha value is 0.00870. The summed E-state index contributed by atoms with van der Waals surface area (Å²) in [5.41, 5.74) is 1.47. The zero-order valence-corrected chi connectivity index (χ0v) is 22.5. The van der Waals surface area contributed by atoms with Crippen molar-refractivity contribution < 1.29 is 9.53 Å². The zero-order chi connectivity index (χ0) is 20.8. The van der Waals surface area contributed by atoms with Gasteiger partial charge >= 0.3 is 181 Å². The molecule has 0 bridgehead atoms. The molecule has 0 radical (unpaired) electrons. The quantitative estimate of drug-likeness (QED) is 0.168. The van der Waals surface area contributed by atoms with E-state index in [1.165, 1.54) is 87.5 Å². The molecule has 0 saturated heterocycles. The summed E-state index contributed by atoms with van der Waals surface area (Å²) < 4.78 is 11.2. The molecule has 0 spiro atoms. The van der Waals surface area contributed by atoms with E-state index in [2.05, 4.69) is 20.8 Å². The number of Topliss-reactive ketones (excluding diaryl/α,β-unsaturated/α-hetero) is 1. The van der Waals surface area contributed by atoms with Crippen LogP contribution in [0.4, 0.5) is 0 Å². The van der Waals surface area contributed by atoms with Crippen LogP contribution in [0.25, 0.3) is 0 Å². The van der Waals surface area contributed by atoms with E-state index in [1.54, 1.807) is 7.11 Å². The molecule has 164 valence electrons. The standard InChI is InChI=1S/C13H21O2.3C4H9.Sn/c1-10(11(2)14)8-12-6-4-5-7-13(12)9-15-3;3*1-3-4-2;/h9-10,12H,1,4-8H2,2-3H3;3*1,3-4H2,2H3;/b13-9-;;;;. The van der Waals surface area contributed by atoms with Crippen molar-refractivity contribution in [3.63, 3.8) is 0 Å². The van der Waals surface area contributed by atoms with Crippen LogP contribution in [0.3, 0.4) is 0 Å². The summed E-state index contributed by atoms with van der Waals surface area (Å²) in [6.07, 6.45) is 16.2. The van der Waals surface area contributed by atoms with Gasteiger partial charge in [-0.25, -0.2) is 0 Å². The minimum atomic E-state index is -2.28. The third-order valence-electron chi connectivity index (χ3n) is 7.07. The molecular weight excluding hydrogens is 451 g/mol. The van der Waals surface area contributed by atoms with E-state index >= 15 is 0 Å². The van der Waals surface area contributed by atoms with Crippen LogP contribution >= 0.6 is 0 Å². The number of ketones is 1. The molecule has 1 saturated carbocycles. The maximum absolute atomic E-state index is 12.8. The van der Waals surface area contributed by atoms with Gasteiger partial charge in [-0.3, -0.25) is 0 Å². The van der Waals surface area contributed by atoms with E-state index in [1.807, 2.05) is 13.2 Å². The van der Waals surface area contributed by atoms with Crippen LogP contribution in [0.1, 0.15) is 98.3 Å². The molecule has 1 aliphatic rings. The first-order valence-corrected chi connectivity index (χ1v) is 20.3. The molecule has 0 aromatic rings. The number of hydrogen-bond donors (Lipinski definition) is 0. The molecule has 0 amide bonds. The summed E-state index contributed by atoms with van der Waals surface area (Å²) in [7, 11) is 1.77. The van der Waals surface area contributed by atoms with Crippen molar-refractivity contribution in [3.8, 4) is 0 Å². The minimum absolute atomic E-state index is 0.310. The average Bonchev–Trinajstić information content (AvgIpc) is 2.69. The Labute approximate surface area is 180 Å². The average molecular weight is 499 g/mol. The van der Waals surface area contributed by atoms with Crippen LogP contribution in [-0.4, -0.2) is 31.3 Å². The van der Waals surface area contributed by atoms with Crippen molar-refractivity contribution in [2.45, 2.75) is 116 Å². The molecule has 2 nitrogen and oxygen atoms in total. The van der Waals surface area contributed by atoms with Gasteiger partial charge in [0.1, 0.15) is 0 Å². The molecule has 0 heterocycles. The SMILES string of the molecule is CCC[CH2][Sn]([CH2]CCC)([CH2]CCC)[CH2]C(CC1CCCC/C1=C/OC)C(C)=O. The Morgan fingerprint density at radius 3 is 2.11 bits per heavy atom. The van der Waals surface area contributed by atoms with Crippen molar-refractivity contribution in [1.29, 1.82) is 0 Å². The van der Waals surface area contributed by atoms with Crippen LogP contribution in [0.5, 0.6) is 0 Å². The molecular formula is C25H48O2Sn. The first-order chi connectivity index (χ1) is 13.5. The van der Waals surface area contributed by atoms with E-state index < -0.39 is 18.4 Å². The molecule has 2 atom stereocenters. The summed E-state index contributed by atoms with van der Waals surface area (Å²) in [5, 5.41) is 0. The van der Waals surface area contributed by atoms with Gasteiger partial charge in [0, 0.05) is 0 Å². The van der Waals surface area contributed by atoms with Gasteiger partial charge in [0.05, 0.1) is 0 Å². The first-order valence-electron chi connectivity index (χ1n) is 12.2. The van der Waals surface area contributed by atoms with E-state index in [4.69, 9.17) is 4.74 Å². The summed E-state index contributed by atoms with van der Waals surface area (Å²) in [5.74, 6) is 1.35. The Kier molecular flexibility index (Phi) is 13.9. The molecule has 1 rings (SSSR count). The van der Waals surface area contributed by atoms with E-state index in [0.717, 1.165) is 6.42 Å². The van der Waals surface area contributed by atoms with Crippen molar-refractivity contribution in [2.75, 3.05) is 7.11 Å². The molecule has 3 heteroatoms.